The van der Waals surface area contributed by atoms with Crippen molar-refractivity contribution in [3.63, 3.8) is 0 Å². The van der Waals surface area contributed by atoms with Crippen LogP contribution < -0.4 is 0 Å². The van der Waals surface area contributed by atoms with E-state index in [1.807, 2.05) is 0 Å². The number of unbranched alkanes of at least 4 members (excludes halogenated alkanes) is 1. The molecule has 3 aliphatic carbocycles. The molecule has 3 saturated carbocycles. The van der Waals surface area contributed by atoms with Crippen LogP contribution in [-0.2, 0) is 0 Å². The standard InChI is InChI=1S/C21H36/c1-6-7-8-16-10-11-17-18(20(16,3)4)13-14-21(5)15(2)9-12-19(17)21/h16-19H,2,6-14H2,1,3-5H3. The average molecular weight is 289 g/mol. The number of rotatable bonds is 3. The third-order valence-corrected chi connectivity index (χ3v) is 8.15. The summed E-state index contributed by atoms with van der Waals surface area (Å²) in [6.07, 6.45) is 12.9. The zero-order valence-corrected chi connectivity index (χ0v) is 14.9. The topological polar surface area (TPSA) is 0 Å². The summed E-state index contributed by atoms with van der Waals surface area (Å²) in [6, 6.07) is 0. The van der Waals surface area contributed by atoms with Gasteiger partial charge in [-0.3, -0.25) is 0 Å². The molecule has 0 heterocycles. The Kier molecular flexibility index (Phi) is 4.04. The first kappa shape index (κ1) is 15.6. The molecule has 120 valence electrons. The van der Waals surface area contributed by atoms with Crippen molar-refractivity contribution in [3.8, 4) is 0 Å². The van der Waals surface area contributed by atoms with Gasteiger partial charge in [0.2, 0.25) is 0 Å². The summed E-state index contributed by atoms with van der Waals surface area (Å²) in [5, 5.41) is 0. The molecule has 21 heavy (non-hydrogen) atoms. The van der Waals surface area contributed by atoms with Crippen LogP contribution >= 0.6 is 0 Å². The zero-order valence-electron chi connectivity index (χ0n) is 14.9. The monoisotopic (exact) mass is 288 g/mol. The predicted octanol–water partition coefficient (Wildman–Crippen LogP) is 6.61. The molecule has 0 radical (unpaired) electrons. The van der Waals surface area contributed by atoms with Gasteiger partial charge in [0.25, 0.3) is 0 Å². The summed E-state index contributed by atoms with van der Waals surface area (Å²) in [7, 11) is 0. The van der Waals surface area contributed by atoms with Crippen LogP contribution in [0.1, 0.15) is 85.5 Å². The molecule has 3 fully saturated rings. The van der Waals surface area contributed by atoms with Crippen molar-refractivity contribution in [2.45, 2.75) is 85.5 Å². The molecular formula is C21H36. The minimum Gasteiger partial charge on any atom is -0.0993 e. The lowest BCUT2D eigenvalue weighted by atomic mass is 9.47. The van der Waals surface area contributed by atoms with Crippen LogP contribution in [0.3, 0.4) is 0 Å². The summed E-state index contributed by atoms with van der Waals surface area (Å²) in [6.45, 7) is 14.5. The molecule has 0 N–H and O–H groups in total. The molecule has 3 rings (SSSR count). The van der Waals surface area contributed by atoms with Crippen molar-refractivity contribution < 1.29 is 0 Å². The molecule has 0 bridgehead atoms. The van der Waals surface area contributed by atoms with Crippen LogP contribution in [0.15, 0.2) is 12.2 Å². The second-order valence-corrected chi connectivity index (χ2v) is 9.21. The number of hydrogen-bond acceptors (Lipinski definition) is 0. The molecule has 0 aliphatic heterocycles. The molecule has 5 atom stereocenters. The minimum absolute atomic E-state index is 0.494. The van der Waals surface area contributed by atoms with Crippen molar-refractivity contribution in [1.82, 2.24) is 0 Å². The normalized spacial score (nSPS) is 45.2. The number of fused-ring (bicyclic) bond motifs is 3. The van der Waals surface area contributed by atoms with E-state index in [0.717, 1.165) is 23.7 Å². The van der Waals surface area contributed by atoms with E-state index >= 15 is 0 Å². The van der Waals surface area contributed by atoms with Crippen molar-refractivity contribution >= 4 is 0 Å². The Morgan fingerprint density at radius 1 is 1.05 bits per heavy atom. The molecular weight excluding hydrogens is 252 g/mol. The molecule has 3 aliphatic rings. The van der Waals surface area contributed by atoms with E-state index in [0.29, 0.717) is 10.8 Å². The fraction of sp³-hybridized carbons (Fsp3) is 0.905. The van der Waals surface area contributed by atoms with E-state index in [2.05, 4.69) is 34.3 Å². The number of allylic oxidation sites excluding steroid dienone is 1. The van der Waals surface area contributed by atoms with Gasteiger partial charge >= 0.3 is 0 Å². The Morgan fingerprint density at radius 2 is 1.81 bits per heavy atom. The maximum Gasteiger partial charge on any atom is -0.00879 e. The predicted molar refractivity (Wildman–Crippen MR) is 92.2 cm³/mol. The van der Waals surface area contributed by atoms with Gasteiger partial charge in [-0.2, -0.15) is 0 Å². The highest BCUT2D eigenvalue weighted by molar-refractivity contribution is 5.21. The van der Waals surface area contributed by atoms with Crippen LogP contribution in [0.5, 0.6) is 0 Å². The lowest BCUT2D eigenvalue weighted by Gasteiger charge is -2.57. The first-order valence-electron chi connectivity index (χ1n) is 9.59. The summed E-state index contributed by atoms with van der Waals surface area (Å²) < 4.78 is 0. The highest BCUT2D eigenvalue weighted by atomic mass is 14.6. The molecule has 0 spiro atoms. The third-order valence-electron chi connectivity index (χ3n) is 8.15. The van der Waals surface area contributed by atoms with E-state index in [4.69, 9.17) is 0 Å². The van der Waals surface area contributed by atoms with Gasteiger partial charge in [0.1, 0.15) is 0 Å². The molecule has 0 nitrogen and oxygen atoms in total. The Morgan fingerprint density at radius 3 is 2.52 bits per heavy atom. The van der Waals surface area contributed by atoms with E-state index < -0.39 is 0 Å². The Hall–Kier alpha value is -0.260. The molecule has 0 heteroatoms. The fourth-order valence-electron chi connectivity index (χ4n) is 6.56. The first-order chi connectivity index (χ1) is 9.91. The molecule has 0 aromatic rings. The summed E-state index contributed by atoms with van der Waals surface area (Å²) in [4.78, 5) is 0. The summed E-state index contributed by atoms with van der Waals surface area (Å²) in [5.41, 5.74) is 2.65. The van der Waals surface area contributed by atoms with Crippen LogP contribution in [0.25, 0.3) is 0 Å². The highest BCUT2D eigenvalue weighted by Gasteiger charge is 2.56. The van der Waals surface area contributed by atoms with Gasteiger partial charge in [0.05, 0.1) is 0 Å². The quantitative estimate of drug-likeness (QED) is 0.512. The van der Waals surface area contributed by atoms with Gasteiger partial charge in [0, 0.05) is 0 Å². The second-order valence-electron chi connectivity index (χ2n) is 9.21. The first-order valence-corrected chi connectivity index (χ1v) is 9.59. The number of hydrogen-bond donors (Lipinski definition) is 0. The van der Waals surface area contributed by atoms with Crippen LogP contribution in [0.4, 0.5) is 0 Å². The van der Waals surface area contributed by atoms with Gasteiger partial charge < -0.3 is 0 Å². The van der Waals surface area contributed by atoms with E-state index in [-0.39, 0.29) is 0 Å². The Labute approximate surface area is 132 Å². The average Bonchev–Trinajstić information content (AvgIpc) is 2.74. The van der Waals surface area contributed by atoms with E-state index in [9.17, 15) is 0 Å². The van der Waals surface area contributed by atoms with Crippen molar-refractivity contribution in [2.75, 3.05) is 0 Å². The largest absolute Gasteiger partial charge is 0.0993 e. The van der Waals surface area contributed by atoms with Gasteiger partial charge in [0.15, 0.2) is 0 Å². The maximum absolute atomic E-state index is 4.44. The fourth-order valence-corrected chi connectivity index (χ4v) is 6.56. The Bertz CT molecular complexity index is 404. The molecule has 0 aromatic heterocycles. The van der Waals surface area contributed by atoms with Crippen molar-refractivity contribution in [1.29, 1.82) is 0 Å². The third kappa shape index (κ3) is 2.32. The van der Waals surface area contributed by atoms with E-state index in [1.54, 1.807) is 5.57 Å². The van der Waals surface area contributed by atoms with E-state index in [1.165, 1.54) is 57.8 Å². The lowest BCUT2D eigenvalue weighted by molar-refractivity contribution is -0.0728. The molecule has 0 amide bonds. The van der Waals surface area contributed by atoms with Gasteiger partial charge in [-0.1, -0.05) is 52.7 Å². The molecule has 0 saturated heterocycles. The van der Waals surface area contributed by atoms with Gasteiger partial charge in [-0.25, -0.2) is 0 Å². The SMILES string of the molecule is C=C1CCC2C3CCC(CCCC)C(C)(C)C3CCC12C. The smallest absolute Gasteiger partial charge is 0.00879 e. The minimum atomic E-state index is 0.494. The van der Waals surface area contributed by atoms with Crippen LogP contribution in [-0.4, -0.2) is 0 Å². The van der Waals surface area contributed by atoms with Crippen molar-refractivity contribution in [3.05, 3.63) is 12.2 Å². The van der Waals surface area contributed by atoms with Gasteiger partial charge in [-0.05, 0) is 79.4 Å². The molecule has 5 unspecified atom stereocenters. The second kappa shape index (κ2) is 5.43. The lowest BCUT2D eigenvalue weighted by Crippen LogP contribution is -2.49. The van der Waals surface area contributed by atoms with Gasteiger partial charge in [-0.15, -0.1) is 0 Å². The van der Waals surface area contributed by atoms with Crippen molar-refractivity contribution in [2.24, 2.45) is 34.5 Å². The summed E-state index contributed by atoms with van der Waals surface area (Å²) in [5.74, 6) is 3.91. The molecule has 0 aromatic carbocycles. The highest BCUT2D eigenvalue weighted by Crippen LogP contribution is 2.65. The maximum atomic E-state index is 4.44. The summed E-state index contributed by atoms with van der Waals surface area (Å²) >= 11 is 0. The Balaban J connectivity index is 1.80. The van der Waals surface area contributed by atoms with Crippen LogP contribution in [0.2, 0.25) is 0 Å². The zero-order chi connectivity index (χ0) is 15.3. The van der Waals surface area contributed by atoms with Crippen LogP contribution in [0, 0.1) is 34.5 Å².